The van der Waals surface area contributed by atoms with Crippen molar-refractivity contribution in [2.24, 2.45) is 0 Å². The van der Waals surface area contributed by atoms with Crippen molar-refractivity contribution < 1.29 is 12.8 Å². The van der Waals surface area contributed by atoms with Gasteiger partial charge in [0.2, 0.25) is 0 Å². The molecule has 0 radical (unpaired) electrons. The van der Waals surface area contributed by atoms with Crippen LogP contribution in [0.25, 0.3) is 21.6 Å². The van der Waals surface area contributed by atoms with Crippen LogP contribution in [0.15, 0.2) is 59.5 Å². The van der Waals surface area contributed by atoms with E-state index < -0.39 is 9.84 Å². The van der Waals surface area contributed by atoms with E-state index in [0.29, 0.717) is 4.90 Å². The summed E-state index contributed by atoms with van der Waals surface area (Å²) in [5, 5.41) is 3.32. The van der Waals surface area contributed by atoms with E-state index in [4.69, 9.17) is 0 Å². The highest BCUT2D eigenvalue weighted by atomic mass is 32.2. The summed E-state index contributed by atoms with van der Waals surface area (Å²) in [7, 11) is -3.22. The highest BCUT2D eigenvalue weighted by molar-refractivity contribution is 7.90. The lowest BCUT2D eigenvalue weighted by molar-refractivity contribution is 0.602. The Morgan fingerprint density at radius 3 is 2.19 bits per heavy atom. The van der Waals surface area contributed by atoms with Gasteiger partial charge in [-0.25, -0.2) is 12.8 Å². The second-order valence-corrected chi connectivity index (χ2v) is 9.19. The van der Waals surface area contributed by atoms with E-state index in [-0.39, 0.29) is 5.82 Å². The molecule has 0 amide bonds. The van der Waals surface area contributed by atoms with Crippen molar-refractivity contribution in [3.05, 3.63) is 65.3 Å². The van der Waals surface area contributed by atoms with Crippen LogP contribution in [0.3, 0.4) is 0 Å². The number of hydrogen-bond donors (Lipinski definition) is 1. The van der Waals surface area contributed by atoms with E-state index in [1.807, 2.05) is 12.1 Å². The Labute approximate surface area is 157 Å². The Balaban J connectivity index is 2.06. The number of halogens is 1. The Bertz CT molecular complexity index is 991. The van der Waals surface area contributed by atoms with Crippen molar-refractivity contribution in [3.8, 4) is 21.6 Å². The van der Waals surface area contributed by atoms with Crippen LogP contribution in [0.1, 0.15) is 11.8 Å². The fraction of sp³-hybridized carbons (Fsp3) is 0.200. The summed E-state index contributed by atoms with van der Waals surface area (Å²) in [6.45, 7) is 3.69. The Hall–Kier alpha value is -2.02. The molecule has 0 spiro atoms. The van der Waals surface area contributed by atoms with Gasteiger partial charge in [-0.1, -0.05) is 31.2 Å². The fourth-order valence-electron chi connectivity index (χ4n) is 2.69. The van der Waals surface area contributed by atoms with Gasteiger partial charge in [0, 0.05) is 28.1 Å². The lowest BCUT2D eigenvalue weighted by Gasteiger charge is -2.06. The Kier molecular flexibility index (Phi) is 5.55. The summed E-state index contributed by atoms with van der Waals surface area (Å²) in [5.74, 6) is -0.266. The van der Waals surface area contributed by atoms with Crippen LogP contribution in [0.2, 0.25) is 0 Å². The van der Waals surface area contributed by atoms with Gasteiger partial charge in [0.15, 0.2) is 9.84 Å². The third-order valence-electron chi connectivity index (χ3n) is 4.03. The maximum absolute atomic E-state index is 13.3. The van der Waals surface area contributed by atoms with Crippen molar-refractivity contribution in [2.75, 3.05) is 12.8 Å². The minimum Gasteiger partial charge on any atom is -0.312 e. The van der Waals surface area contributed by atoms with Gasteiger partial charge < -0.3 is 5.32 Å². The summed E-state index contributed by atoms with van der Waals surface area (Å²) >= 11 is 1.66. The van der Waals surface area contributed by atoms with Gasteiger partial charge in [-0.15, -0.1) is 11.3 Å². The smallest absolute Gasteiger partial charge is 0.175 e. The van der Waals surface area contributed by atoms with Crippen LogP contribution < -0.4 is 5.32 Å². The molecular weight excluding hydrogens is 369 g/mol. The van der Waals surface area contributed by atoms with E-state index >= 15 is 0 Å². The maximum Gasteiger partial charge on any atom is 0.175 e. The Morgan fingerprint density at radius 2 is 1.62 bits per heavy atom. The van der Waals surface area contributed by atoms with E-state index in [1.165, 1.54) is 23.3 Å². The minimum absolute atomic E-state index is 0.266. The normalized spacial score (nSPS) is 11.7. The largest absolute Gasteiger partial charge is 0.312 e. The number of sulfone groups is 1. The molecule has 26 heavy (non-hydrogen) atoms. The van der Waals surface area contributed by atoms with Gasteiger partial charge in [-0.3, -0.25) is 0 Å². The minimum atomic E-state index is -3.22. The number of nitrogens with one attached hydrogen (secondary N) is 1. The maximum atomic E-state index is 13.3. The molecule has 0 aliphatic heterocycles. The summed E-state index contributed by atoms with van der Waals surface area (Å²) in [4.78, 5) is 2.52. The van der Waals surface area contributed by atoms with E-state index in [9.17, 15) is 12.8 Å². The number of benzene rings is 2. The quantitative estimate of drug-likeness (QED) is 0.663. The predicted octanol–water partition coefficient (Wildman–Crippen LogP) is 4.73. The monoisotopic (exact) mass is 389 g/mol. The van der Waals surface area contributed by atoms with Gasteiger partial charge >= 0.3 is 0 Å². The standard InChI is InChI=1S/C20H20FNO2S2/c1-3-22-13-17-12-19(14-6-10-18(11-7-14)26(2,23)24)20(25-17)15-4-8-16(21)9-5-15/h4-12,22H,3,13H2,1-2H3. The third kappa shape index (κ3) is 4.20. The zero-order valence-electron chi connectivity index (χ0n) is 14.6. The van der Waals surface area contributed by atoms with Crippen molar-refractivity contribution in [2.45, 2.75) is 18.4 Å². The molecule has 0 saturated carbocycles. The van der Waals surface area contributed by atoms with Crippen LogP contribution in [-0.2, 0) is 16.4 Å². The summed E-state index contributed by atoms with van der Waals surface area (Å²) < 4.78 is 36.7. The van der Waals surface area contributed by atoms with Gasteiger partial charge in [0.1, 0.15) is 5.82 Å². The molecule has 3 rings (SSSR count). The van der Waals surface area contributed by atoms with Crippen molar-refractivity contribution in [1.82, 2.24) is 5.32 Å². The van der Waals surface area contributed by atoms with Crippen LogP contribution in [0.5, 0.6) is 0 Å². The van der Waals surface area contributed by atoms with Crippen molar-refractivity contribution in [1.29, 1.82) is 0 Å². The van der Waals surface area contributed by atoms with Gasteiger partial charge in [-0.2, -0.15) is 0 Å². The van der Waals surface area contributed by atoms with E-state index in [2.05, 4.69) is 18.3 Å². The molecule has 1 N–H and O–H groups in total. The molecule has 1 aromatic heterocycles. The van der Waals surface area contributed by atoms with Crippen LogP contribution in [0.4, 0.5) is 4.39 Å². The molecule has 0 unspecified atom stereocenters. The number of thiophene rings is 1. The molecule has 0 aliphatic rings. The first-order valence-electron chi connectivity index (χ1n) is 8.28. The third-order valence-corrected chi connectivity index (χ3v) is 6.34. The van der Waals surface area contributed by atoms with E-state index in [0.717, 1.165) is 34.7 Å². The number of rotatable bonds is 6. The average Bonchev–Trinajstić information content (AvgIpc) is 3.04. The molecule has 0 saturated heterocycles. The second-order valence-electron chi connectivity index (χ2n) is 6.04. The molecule has 2 aromatic carbocycles. The highest BCUT2D eigenvalue weighted by Crippen LogP contribution is 2.39. The van der Waals surface area contributed by atoms with Crippen LogP contribution in [0, 0.1) is 5.82 Å². The van der Waals surface area contributed by atoms with E-state index in [1.54, 1.807) is 35.6 Å². The zero-order chi connectivity index (χ0) is 18.7. The second kappa shape index (κ2) is 7.70. The summed E-state index contributed by atoms with van der Waals surface area (Å²) in [6, 6.07) is 15.5. The predicted molar refractivity (Wildman–Crippen MR) is 106 cm³/mol. The average molecular weight is 390 g/mol. The molecule has 0 bridgehead atoms. The number of hydrogen-bond acceptors (Lipinski definition) is 4. The van der Waals surface area contributed by atoms with Crippen LogP contribution in [-0.4, -0.2) is 21.2 Å². The summed E-state index contributed by atoms with van der Waals surface area (Å²) in [6.07, 6.45) is 1.20. The molecule has 3 nitrogen and oxygen atoms in total. The van der Waals surface area contributed by atoms with Gasteiger partial charge in [0.25, 0.3) is 0 Å². The van der Waals surface area contributed by atoms with Crippen molar-refractivity contribution in [3.63, 3.8) is 0 Å². The van der Waals surface area contributed by atoms with Crippen molar-refractivity contribution >= 4 is 21.2 Å². The zero-order valence-corrected chi connectivity index (χ0v) is 16.3. The first kappa shape index (κ1) is 18.8. The molecule has 6 heteroatoms. The summed E-state index contributed by atoms with van der Waals surface area (Å²) in [5.41, 5.74) is 2.91. The van der Waals surface area contributed by atoms with Gasteiger partial charge in [0.05, 0.1) is 4.90 Å². The SMILES string of the molecule is CCNCc1cc(-c2ccc(S(C)(=O)=O)cc2)c(-c2ccc(F)cc2)s1. The van der Waals surface area contributed by atoms with Crippen LogP contribution >= 0.6 is 11.3 Å². The topological polar surface area (TPSA) is 46.2 Å². The first-order valence-corrected chi connectivity index (χ1v) is 11.0. The Morgan fingerprint density at radius 1 is 1.00 bits per heavy atom. The first-order chi connectivity index (χ1) is 12.4. The molecule has 0 atom stereocenters. The molecule has 1 heterocycles. The molecule has 3 aromatic rings. The lowest BCUT2D eigenvalue weighted by atomic mass is 10.0. The molecular formula is C20H20FNO2S2. The highest BCUT2D eigenvalue weighted by Gasteiger charge is 2.14. The fourth-order valence-corrected chi connectivity index (χ4v) is 4.47. The van der Waals surface area contributed by atoms with Gasteiger partial charge in [-0.05, 0) is 48.0 Å². The molecule has 136 valence electrons. The molecule has 0 fully saturated rings. The lowest BCUT2D eigenvalue weighted by Crippen LogP contribution is -2.10. The molecule has 0 aliphatic carbocycles.